The van der Waals surface area contributed by atoms with Gasteiger partial charge in [0.05, 0.1) is 6.54 Å². The molecule has 1 nitrogen and oxygen atoms in total. The maximum absolute atomic E-state index is 5.30. The zero-order valence-electron chi connectivity index (χ0n) is 8.03. The van der Waals surface area contributed by atoms with Gasteiger partial charge < -0.3 is 0 Å². The van der Waals surface area contributed by atoms with Gasteiger partial charge in [-0.2, -0.15) is 0 Å². The van der Waals surface area contributed by atoms with Crippen LogP contribution in [-0.4, -0.2) is 18.0 Å². The second-order valence-corrected chi connectivity index (χ2v) is 4.13. The fourth-order valence-corrected chi connectivity index (χ4v) is 2.09. The van der Waals surface area contributed by atoms with Gasteiger partial charge in [0.1, 0.15) is 0 Å². The van der Waals surface area contributed by atoms with Crippen molar-refractivity contribution in [1.29, 1.82) is 0 Å². The Labute approximate surface area is 90.5 Å². The Morgan fingerprint density at radius 2 is 2.29 bits per heavy atom. The van der Waals surface area contributed by atoms with E-state index in [-0.39, 0.29) is 0 Å². The first-order valence-electron chi connectivity index (χ1n) is 4.76. The number of fused-ring (bicyclic) bond motifs is 1. The normalized spacial score (nSPS) is 16.0. The van der Waals surface area contributed by atoms with Crippen LogP contribution in [0.25, 0.3) is 0 Å². The molecule has 0 radical (unpaired) electrons. The van der Waals surface area contributed by atoms with Crippen molar-refractivity contribution < 1.29 is 0 Å². The van der Waals surface area contributed by atoms with E-state index in [2.05, 4.69) is 35.6 Å². The third-order valence-electron chi connectivity index (χ3n) is 2.60. The smallest absolute Gasteiger partial charge is 0.0601 e. The van der Waals surface area contributed by atoms with Gasteiger partial charge in [0.25, 0.3) is 0 Å². The number of rotatable bonds is 1. The summed E-state index contributed by atoms with van der Waals surface area (Å²) in [5.74, 6) is 2.69. The quantitative estimate of drug-likeness (QED) is 0.539. The molecule has 2 heteroatoms. The second kappa shape index (κ2) is 4.08. The van der Waals surface area contributed by atoms with E-state index in [1.807, 2.05) is 6.07 Å². The summed E-state index contributed by atoms with van der Waals surface area (Å²) in [5, 5.41) is 0. The molecule has 0 spiro atoms. The lowest BCUT2D eigenvalue weighted by molar-refractivity contribution is 0.286. The van der Waals surface area contributed by atoms with Crippen molar-refractivity contribution in [3.05, 3.63) is 29.3 Å². The molecule has 0 bridgehead atoms. The predicted molar refractivity (Wildman–Crippen MR) is 61.5 cm³/mol. The van der Waals surface area contributed by atoms with Gasteiger partial charge in [-0.25, -0.2) is 0 Å². The standard InChI is InChI=1S/C12H13NS/c1-2-6-13-7-5-10-8-12(14)4-3-11(10)9-13/h1,3-4,8,14H,5-7,9H2. The summed E-state index contributed by atoms with van der Waals surface area (Å²) in [6.45, 7) is 2.80. The summed E-state index contributed by atoms with van der Waals surface area (Å²) in [6, 6.07) is 6.35. The average Bonchev–Trinajstić information content (AvgIpc) is 2.19. The molecule has 0 saturated carbocycles. The van der Waals surface area contributed by atoms with Crippen molar-refractivity contribution in [1.82, 2.24) is 4.90 Å². The minimum atomic E-state index is 0.752. The maximum atomic E-state index is 5.30. The van der Waals surface area contributed by atoms with Crippen LogP contribution >= 0.6 is 12.6 Å². The van der Waals surface area contributed by atoms with Gasteiger partial charge >= 0.3 is 0 Å². The van der Waals surface area contributed by atoms with Crippen molar-refractivity contribution in [2.75, 3.05) is 13.1 Å². The molecule has 0 aromatic heterocycles. The zero-order valence-corrected chi connectivity index (χ0v) is 8.93. The summed E-state index contributed by atoms with van der Waals surface area (Å²) < 4.78 is 0. The minimum absolute atomic E-state index is 0.752. The monoisotopic (exact) mass is 203 g/mol. The molecular weight excluding hydrogens is 190 g/mol. The molecule has 0 fully saturated rings. The Morgan fingerprint density at radius 3 is 3.07 bits per heavy atom. The van der Waals surface area contributed by atoms with Crippen molar-refractivity contribution >= 4 is 12.6 Å². The van der Waals surface area contributed by atoms with Gasteiger partial charge in [-0.1, -0.05) is 12.0 Å². The molecule has 2 rings (SSSR count). The van der Waals surface area contributed by atoms with Gasteiger partial charge in [0.2, 0.25) is 0 Å². The second-order valence-electron chi connectivity index (χ2n) is 3.62. The molecule has 0 saturated heterocycles. The fraction of sp³-hybridized carbons (Fsp3) is 0.333. The third-order valence-corrected chi connectivity index (χ3v) is 2.87. The number of nitrogens with zero attached hydrogens (tertiary/aromatic N) is 1. The molecular formula is C12H13NS. The molecule has 1 aromatic rings. The largest absolute Gasteiger partial charge is 0.288 e. The molecule has 72 valence electrons. The molecule has 0 aliphatic carbocycles. The maximum Gasteiger partial charge on any atom is 0.0601 e. The Balaban J connectivity index is 2.20. The summed E-state index contributed by atoms with van der Waals surface area (Å²) in [6.07, 6.45) is 6.39. The van der Waals surface area contributed by atoms with Crippen LogP contribution < -0.4 is 0 Å². The lowest BCUT2D eigenvalue weighted by Gasteiger charge is -2.27. The van der Waals surface area contributed by atoms with Gasteiger partial charge in [-0.05, 0) is 29.7 Å². The highest BCUT2D eigenvalue weighted by molar-refractivity contribution is 7.80. The first-order valence-corrected chi connectivity index (χ1v) is 5.21. The molecule has 14 heavy (non-hydrogen) atoms. The van der Waals surface area contributed by atoms with Crippen molar-refractivity contribution in [3.63, 3.8) is 0 Å². The summed E-state index contributed by atoms with van der Waals surface area (Å²) in [7, 11) is 0. The minimum Gasteiger partial charge on any atom is -0.288 e. The fourth-order valence-electron chi connectivity index (χ4n) is 1.86. The van der Waals surface area contributed by atoms with Crippen LogP contribution in [0.2, 0.25) is 0 Å². The Hall–Kier alpha value is -0.910. The van der Waals surface area contributed by atoms with Crippen LogP contribution in [0.1, 0.15) is 11.1 Å². The number of benzene rings is 1. The molecule has 0 amide bonds. The van der Waals surface area contributed by atoms with Crippen molar-refractivity contribution in [2.24, 2.45) is 0 Å². The van der Waals surface area contributed by atoms with Crippen LogP contribution in [0.4, 0.5) is 0 Å². The zero-order chi connectivity index (χ0) is 9.97. The van der Waals surface area contributed by atoms with Gasteiger partial charge in [-0.15, -0.1) is 19.1 Å². The Bertz CT molecular complexity index is 378. The lowest BCUT2D eigenvalue weighted by Crippen LogP contribution is -2.30. The molecule has 1 aliphatic heterocycles. The summed E-state index contributed by atoms with van der Waals surface area (Å²) in [5.41, 5.74) is 2.81. The molecule has 0 N–H and O–H groups in total. The van der Waals surface area contributed by atoms with Crippen molar-refractivity contribution in [2.45, 2.75) is 17.9 Å². The van der Waals surface area contributed by atoms with Crippen LogP contribution in [-0.2, 0) is 13.0 Å². The predicted octanol–water partition coefficient (Wildman–Crippen LogP) is 1.97. The highest BCUT2D eigenvalue weighted by Crippen LogP contribution is 2.21. The number of thiol groups is 1. The van der Waals surface area contributed by atoms with Gasteiger partial charge in [0.15, 0.2) is 0 Å². The molecule has 0 unspecified atom stereocenters. The SMILES string of the molecule is C#CCN1CCc2cc(S)ccc2C1. The van der Waals surface area contributed by atoms with Gasteiger partial charge in [-0.3, -0.25) is 4.90 Å². The lowest BCUT2D eigenvalue weighted by atomic mass is 10.00. The van der Waals surface area contributed by atoms with E-state index >= 15 is 0 Å². The number of hydrogen-bond donors (Lipinski definition) is 1. The van der Waals surface area contributed by atoms with E-state index in [1.165, 1.54) is 11.1 Å². The molecule has 1 aromatic carbocycles. The van der Waals surface area contributed by atoms with E-state index in [4.69, 9.17) is 6.42 Å². The van der Waals surface area contributed by atoms with Crippen LogP contribution in [0, 0.1) is 12.3 Å². The summed E-state index contributed by atoms with van der Waals surface area (Å²) in [4.78, 5) is 3.34. The molecule has 0 atom stereocenters. The van der Waals surface area contributed by atoms with Crippen molar-refractivity contribution in [3.8, 4) is 12.3 Å². The van der Waals surface area contributed by atoms with E-state index in [0.717, 1.165) is 31.0 Å². The number of hydrogen-bond acceptors (Lipinski definition) is 2. The van der Waals surface area contributed by atoms with E-state index in [0.29, 0.717) is 0 Å². The molecule has 1 aliphatic rings. The molecule has 1 heterocycles. The van der Waals surface area contributed by atoms with E-state index in [1.54, 1.807) is 0 Å². The van der Waals surface area contributed by atoms with Crippen LogP contribution in [0.5, 0.6) is 0 Å². The van der Waals surface area contributed by atoms with E-state index in [9.17, 15) is 0 Å². The Morgan fingerprint density at radius 1 is 1.43 bits per heavy atom. The first kappa shape index (κ1) is 9.64. The average molecular weight is 203 g/mol. The first-order chi connectivity index (χ1) is 6.79. The number of terminal acetylenes is 1. The van der Waals surface area contributed by atoms with Crippen LogP contribution in [0.15, 0.2) is 23.1 Å². The Kier molecular flexibility index (Phi) is 2.81. The highest BCUT2D eigenvalue weighted by atomic mass is 32.1. The summed E-state index contributed by atoms with van der Waals surface area (Å²) >= 11 is 4.34. The van der Waals surface area contributed by atoms with Crippen LogP contribution in [0.3, 0.4) is 0 Å². The third kappa shape index (κ3) is 1.95. The van der Waals surface area contributed by atoms with E-state index < -0.39 is 0 Å². The topological polar surface area (TPSA) is 3.24 Å². The van der Waals surface area contributed by atoms with Gasteiger partial charge in [0, 0.05) is 18.0 Å². The highest BCUT2D eigenvalue weighted by Gasteiger charge is 2.14.